The standard InChI is InChI=1S/C18H19IN2O4/c1-11-4-5-15(12(2)6-11)25-10-17(22)21-20-9-13-7-14(19)18(23)16(8-13)24-3/h4-9,23H,10H2,1-3H3,(H,21,22)/b20-9+. The van der Waals surface area contributed by atoms with E-state index in [0.29, 0.717) is 20.6 Å². The average molecular weight is 454 g/mol. The highest BCUT2D eigenvalue weighted by Gasteiger charge is 2.08. The zero-order chi connectivity index (χ0) is 18.4. The van der Waals surface area contributed by atoms with Crippen molar-refractivity contribution in [3.63, 3.8) is 0 Å². The molecule has 0 radical (unpaired) electrons. The number of hydrazone groups is 1. The first-order chi connectivity index (χ1) is 11.9. The van der Waals surface area contributed by atoms with Gasteiger partial charge in [-0.05, 0) is 65.8 Å². The molecule has 0 spiro atoms. The van der Waals surface area contributed by atoms with Gasteiger partial charge < -0.3 is 14.6 Å². The third-order valence-electron chi connectivity index (χ3n) is 3.36. The van der Waals surface area contributed by atoms with Crippen molar-refractivity contribution < 1.29 is 19.4 Å². The van der Waals surface area contributed by atoms with E-state index in [-0.39, 0.29) is 18.3 Å². The Balaban J connectivity index is 1.91. The van der Waals surface area contributed by atoms with Crippen LogP contribution >= 0.6 is 22.6 Å². The lowest BCUT2D eigenvalue weighted by atomic mass is 10.1. The Morgan fingerprint density at radius 1 is 1.28 bits per heavy atom. The average Bonchev–Trinajstić information content (AvgIpc) is 2.57. The molecule has 0 atom stereocenters. The first-order valence-corrected chi connectivity index (χ1v) is 8.57. The van der Waals surface area contributed by atoms with Gasteiger partial charge in [0, 0.05) is 0 Å². The molecule has 0 aliphatic carbocycles. The molecule has 0 bridgehead atoms. The summed E-state index contributed by atoms with van der Waals surface area (Å²) in [5.41, 5.74) is 5.20. The van der Waals surface area contributed by atoms with Crippen molar-refractivity contribution in [1.29, 1.82) is 0 Å². The van der Waals surface area contributed by atoms with E-state index in [1.165, 1.54) is 13.3 Å². The van der Waals surface area contributed by atoms with E-state index in [1.807, 2.05) is 54.6 Å². The van der Waals surface area contributed by atoms with Crippen LogP contribution in [0, 0.1) is 17.4 Å². The Labute approximate surface area is 160 Å². The zero-order valence-electron chi connectivity index (χ0n) is 14.2. The molecule has 25 heavy (non-hydrogen) atoms. The normalized spacial score (nSPS) is 10.7. The van der Waals surface area contributed by atoms with Gasteiger partial charge in [0.05, 0.1) is 16.9 Å². The van der Waals surface area contributed by atoms with Gasteiger partial charge >= 0.3 is 0 Å². The molecule has 0 saturated carbocycles. The van der Waals surface area contributed by atoms with Crippen LogP contribution in [0.4, 0.5) is 0 Å². The maximum absolute atomic E-state index is 11.8. The van der Waals surface area contributed by atoms with Crippen LogP contribution in [0.15, 0.2) is 35.4 Å². The lowest BCUT2D eigenvalue weighted by Crippen LogP contribution is -2.24. The van der Waals surface area contributed by atoms with Crippen LogP contribution in [-0.4, -0.2) is 30.9 Å². The number of methoxy groups -OCH3 is 1. The van der Waals surface area contributed by atoms with Crippen molar-refractivity contribution in [1.82, 2.24) is 5.43 Å². The van der Waals surface area contributed by atoms with Gasteiger partial charge in [-0.2, -0.15) is 5.10 Å². The second kappa shape index (κ2) is 8.70. The van der Waals surface area contributed by atoms with Gasteiger partial charge in [0.15, 0.2) is 18.1 Å². The lowest BCUT2D eigenvalue weighted by Gasteiger charge is -2.08. The van der Waals surface area contributed by atoms with E-state index < -0.39 is 0 Å². The van der Waals surface area contributed by atoms with E-state index in [9.17, 15) is 9.90 Å². The molecule has 2 aromatic rings. The molecule has 0 unspecified atom stereocenters. The molecule has 2 aromatic carbocycles. The smallest absolute Gasteiger partial charge is 0.277 e. The first-order valence-electron chi connectivity index (χ1n) is 7.49. The summed E-state index contributed by atoms with van der Waals surface area (Å²) in [6.45, 7) is 3.80. The number of carbonyl (C=O) groups is 1. The van der Waals surface area contributed by atoms with E-state index >= 15 is 0 Å². The first kappa shape index (κ1) is 19.0. The minimum Gasteiger partial charge on any atom is -0.504 e. The second-order valence-electron chi connectivity index (χ2n) is 5.40. The number of rotatable bonds is 6. The summed E-state index contributed by atoms with van der Waals surface area (Å²) >= 11 is 1.99. The van der Waals surface area contributed by atoms with Crippen molar-refractivity contribution >= 4 is 34.7 Å². The van der Waals surface area contributed by atoms with Crippen LogP contribution in [0.25, 0.3) is 0 Å². The summed E-state index contributed by atoms with van der Waals surface area (Å²) in [5, 5.41) is 13.7. The number of phenols is 1. The number of aromatic hydroxyl groups is 1. The number of carbonyl (C=O) groups excluding carboxylic acids is 1. The van der Waals surface area contributed by atoms with E-state index in [4.69, 9.17) is 9.47 Å². The molecule has 0 heterocycles. The molecule has 2 rings (SSSR count). The van der Waals surface area contributed by atoms with Crippen molar-refractivity contribution in [2.75, 3.05) is 13.7 Å². The fraction of sp³-hybridized carbons (Fsp3) is 0.222. The molecular weight excluding hydrogens is 435 g/mol. The van der Waals surface area contributed by atoms with Gasteiger partial charge in [-0.3, -0.25) is 4.79 Å². The molecular formula is C18H19IN2O4. The third kappa shape index (κ3) is 5.35. The molecule has 0 aliphatic rings. The fourth-order valence-electron chi connectivity index (χ4n) is 2.14. The van der Waals surface area contributed by atoms with Crippen LogP contribution in [0.2, 0.25) is 0 Å². The topological polar surface area (TPSA) is 80.2 Å². The number of ether oxygens (including phenoxy) is 2. The maximum Gasteiger partial charge on any atom is 0.277 e. The molecule has 2 N–H and O–H groups in total. The van der Waals surface area contributed by atoms with Gasteiger partial charge in [0.1, 0.15) is 5.75 Å². The predicted octanol–water partition coefficient (Wildman–Crippen LogP) is 3.15. The summed E-state index contributed by atoms with van der Waals surface area (Å²) in [5.74, 6) is 0.725. The Hall–Kier alpha value is -2.29. The monoisotopic (exact) mass is 454 g/mol. The highest BCUT2D eigenvalue weighted by atomic mass is 127. The van der Waals surface area contributed by atoms with E-state index in [1.54, 1.807) is 12.1 Å². The van der Waals surface area contributed by atoms with Gasteiger partial charge in [-0.1, -0.05) is 17.7 Å². The largest absolute Gasteiger partial charge is 0.504 e. The molecule has 0 fully saturated rings. The molecule has 1 amide bonds. The van der Waals surface area contributed by atoms with Gasteiger partial charge in [-0.25, -0.2) is 5.43 Å². The summed E-state index contributed by atoms with van der Waals surface area (Å²) in [4.78, 5) is 11.8. The SMILES string of the molecule is COc1cc(/C=N/NC(=O)COc2ccc(C)cc2C)cc(I)c1O. The van der Waals surface area contributed by atoms with Gasteiger partial charge in [-0.15, -0.1) is 0 Å². The summed E-state index contributed by atoms with van der Waals surface area (Å²) in [7, 11) is 1.47. The Bertz CT molecular complexity index is 806. The van der Waals surface area contributed by atoms with Gasteiger partial charge in [0.25, 0.3) is 5.91 Å². The minimum absolute atomic E-state index is 0.0751. The van der Waals surface area contributed by atoms with Crippen LogP contribution in [0.1, 0.15) is 16.7 Å². The summed E-state index contributed by atoms with van der Waals surface area (Å²) in [6, 6.07) is 9.11. The predicted molar refractivity (Wildman–Crippen MR) is 105 cm³/mol. The number of nitrogens with one attached hydrogen (secondary N) is 1. The summed E-state index contributed by atoms with van der Waals surface area (Å²) in [6.07, 6.45) is 1.47. The number of hydrogen-bond donors (Lipinski definition) is 2. The number of aryl methyl sites for hydroxylation is 2. The van der Waals surface area contributed by atoms with Crippen LogP contribution < -0.4 is 14.9 Å². The van der Waals surface area contributed by atoms with Crippen molar-refractivity contribution in [3.8, 4) is 17.2 Å². The third-order valence-corrected chi connectivity index (χ3v) is 4.19. The minimum atomic E-state index is -0.364. The van der Waals surface area contributed by atoms with Crippen LogP contribution in [0.5, 0.6) is 17.2 Å². The number of phenolic OH excluding ortho intramolecular Hbond substituents is 1. The molecule has 6 nitrogen and oxygen atoms in total. The van der Waals surface area contributed by atoms with Gasteiger partial charge in [0.2, 0.25) is 0 Å². The van der Waals surface area contributed by atoms with E-state index in [0.717, 1.165) is 11.1 Å². The number of amides is 1. The highest BCUT2D eigenvalue weighted by molar-refractivity contribution is 14.1. The molecule has 0 aliphatic heterocycles. The fourth-order valence-corrected chi connectivity index (χ4v) is 2.76. The Kier molecular flexibility index (Phi) is 6.63. The lowest BCUT2D eigenvalue weighted by molar-refractivity contribution is -0.123. The van der Waals surface area contributed by atoms with Crippen molar-refractivity contribution in [2.45, 2.75) is 13.8 Å². The van der Waals surface area contributed by atoms with Crippen molar-refractivity contribution in [3.05, 3.63) is 50.6 Å². The second-order valence-corrected chi connectivity index (χ2v) is 6.57. The maximum atomic E-state index is 11.8. The Morgan fingerprint density at radius 3 is 2.72 bits per heavy atom. The Morgan fingerprint density at radius 2 is 2.04 bits per heavy atom. The van der Waals surface area contributed by atoms with Crippen LogP contribution in [0.3, 0.4) is 0 Å². The molecule has 0 aromatic heterocycles. The van der Waals surface area contributed by atoms with E-state index in [2.05, 4.69) is 10.5 Å². The quantitative estimate of drug-likeness (QED) is 0.400. The van der Waals surface area contributed by atoms with Crippen LogP contribution in [-0.2, 0) is 4.79 Å². The number of halogens is 1. The molecule has 7 heteroatoms. The summed E-state index contributed by atoms with van der Waals surface area (Å²) < 4.78 is 11.2. The number of benzene rings is 2. The zero-order valence-corrected chi connectivity index (χ0v) is 16.3. The molecule has 132 valence electrons. The number of hydrogen-bond acceptors (Lipinski definition) is 5. The molecule has 0 saturated heterocycles. The number of nitrogens with zero attached hydrogens (tertiary/aromatic N) is 1. The van der Waals surface area contributed by atoms with Crippen molar-refractivity contribution in [2.24, 2.45) is 5.10 Å². The highest BCUT2D eigenvalue weighted by Crippen LogP contribution is 2.31.